The van der Waals surface area contributed by atoms with Crippen LogP contribution in [0.3, 0.4) is 0 Å². The minimum absolute atomic E-state index is 0.359. The Hall–Kier alpha value is -1.57. The molecule has 0 aromatic carbocycles. The van der Waals surface area contributed by atoms with Gasteiger partial charge in [-0.15, -0.1) is 0 Å². The number of hydrogen-bond donors (Lipinski definition) is 4. The zero-order valence-corrected chi connectivity index (χ0v) is 4.56. The first-order chi connectivity index (χ1) is 4.29. The molecule has 9 heavy (non-hydrogen) atoms. The first-order valence-corrected chi connectivity index (χ1v) is 2.36. The number of hydrogen-bond acceptors (Lipinski definition) is 3. The van der Waals surface area contributed by atoms with Crippen LogP contribution in [0.25, 0.3) is 0 Å². The maximum atomic E-state index is 10.1. The van der Waals surface area contributed by atoms with E-state index >= 15 is 0 Å². The van der Waals surface area contributed by atoms with Gasteiger partial charge in [-0.05, 0) is 0 Å². The summed E-state index contributed by atoms with van der Waals surface area (Å²) in [6.45, 7) is 0. The van der Waals surface area contributed by atoms with E-state index in [1.165, 1.54) is 0 Å². The van der Waals surface area contributed by atoms with Crippen LogP contribution in [0, 0.1) is 12.1 Å². The van der Waals surface area contributed by atoms with Crippen molar-refractivity contribution in [3.05, 3.63) is 0 Å². The van der Waals surface area contributed by atoms with E-state index in [0.717, 1.165) is 0 Å². The Balaban J connectivity index is 2.23. The van der Waals surface area contributed by atoms with Gasteiger partial charge in [0.05, 0.1) is 0 Å². The Morgan fingerprint density at radius 2 is 2.11 bits per heavy atom. The normalized spacial score (nSPS) is 14.7. The van der Waals surface area contributed by atoms with Gasteiger partial charge >= 0.3 is 6.03 Å². The molecule has 2 amide bonds. The summed E-state index contributed by atoms with van der Waals surface area (Å²) in [7, 11) is 0. The van der Waals surface area contributed by atoms with Crippen LogP contribution in [0.5, 0.6) is 0 Å². The summed E-state index contributed by atoms with van der Waals surface area (Å²) >= 11 is 0. The highest BCUT2D eigenvalue weighted by atomic mass is 16.2. The largest absolute Gasteiger partial charge is 0.352 e. The van der Waals surface area contributed by atoms with Crippen molar-refractivity contribution in [2.75, 3.05) is 0 Å². The van der Waals surface area contributed by atoms with Crippen LogP contribution in [-0.4, -0.2) is 12.3 Å². The Morgan fingerprint density at radius 3 is 2.56 bits per heavy atom. The molecule has 0 aromatic heterocycles. The number of amides is 2. The molecule has 0 aromatic rings. The Labute approximate surface area is 52.0 Å². The van der Waals surface area contributed by atoms with Crippen molar-refractivity contribution >= 4 is 6.03 Å². The van der Waals surface area contributed by atoms with Crippen LogP contribution >= 0.6 is 0 Å². The molecule has 0 fully saturated rings. The molecule has 0 spiro atoms. The van der Waals surface area contributed by atoms with Crippen LogP contribution in [0.15, 0.2) is 0 Å². The molecule has 1 heterocycles. The molecule has 1 aliphatic heterocycles. The predicted octanol–water partition coefficient (Wildman–Crippen LogP) is -1.95. The van der Waals surface area contributed by atoms with Gasteiger partial charge < -0.3 is 16.4 Å². The molecule has 5 nitrogen and oxygen atoms in total. The molecular formula is C4H6N4O. The fraction of sp³-hybridized carbons (Fsp3) is 0.250. The first-order valence-electron chi connectivity index (χ1n) is 2.36. The summed E-state index contributed by atoms with van der Waals surface area (Å²) in [5.74, 6) is 0. The van der Waals surface area contributed by atoms with Gasteiger partial charge in [-0.3, -0.25) is 5.32 Å². The number of primary amides is 1. The standard InChI is InChI=1S/C4H6N4O/c5-3(9)8-4-6-1-2-7-4/h4,6-7H,(H3,5,8,9). The van der Waals surface area contributed by atoms with E-state index in [4.69, 9.17) is 5.73 Å². The average Bonchev–Trinajstić information content (AvgIpc) is 2.15. The molecule has 0 atom stereocenters. The van der Waals surface area contributed by atoms with Crippen LogP contribution in [-0.2, 0) is 0 Å². The van der Waals surface area contributed by atoms with E-state index in [0.29, 0.717) is 0 Å². The number of rotatable bonds is 1. The van der Waals surface area contributed by atoms with Gasteiger partial charge in [0.1, 0.15) is 0 Å². The number of carbonyl (C=O) groups excluding carboxylic acids is 1. The molecule has 0 saturated heterocycles. The second-order valence-electron chi connectivity index (χ2n) is 1.48. The average molecular weight is 126 g/mol. The minimum Gasteiger partial charge on any atom is -0.352 e. The van der Waals surface area contributed by atoms with Crippen molar-refractivity contribution in [3.63, 3.8) is 0 Å². The molecule has 0 unspecified atom stereocenters. The minimum atomic E-state index is -0.592. The van der Waals surface area contributed by atoms with Gasteiger partial charge in [0, 0.05) is 12.1 Å². The van der Waals surface area contributed by atoms with Crippen molar-refractivity contribution in [2.24, 2.45) is 5.73 Å². The van der Waals surface area contributed by atoms with Gasteiger partial charge in [-0.1, -0.05) is 0 Å². The first kappa shape index (κ1) is 5.56. The zero-order valence-electron chi connectivity index (χ0n) is 4.56. The Bertz CT molecular complexity index is 169. The lowest BCUT2D eigenvalue weighted by atomic mass is 10.8. The molecule has 1 aliphatic rings. The summed E-state index contributed by atoms with van der Waals surface area (Å²) in [4.78, 5) is 10.1. The summed E-state index contributed by atoms with van der Waals surface area (Å²) in [6, 6.07) is 4.40. The summed E-state index contributed by atoms with van der Waals surface area (Å²) in [5.41, 5.74) is 4.79. The predicted molar refractivity (Wildman–Crippen MR) is 30.6 cm³/mol. The third-order valence-electron chi connectivity index (χ3n) is 0.782. The second kappa shape index (κ2) is 2.13. The van der Waals surface area contributed by atoms with Crippen molar-refractivity contribution in [3.8, 4) is 12.1 Å². The van der Waals surface area contributed by atoms with Gasteiger partial charge in [-0.25, -0.2) is 4.79 Å². The molecule has 0 bridgehead atoms. The summed E-state index contributed by atoms with van der Waals surface area (Å²) < 4.78 is 0. The number of carbonyl (C=O) groups is 1. The Kier molecular flexibility index (Phi) is 1.32. The highest BCUT2D eigenvalue weighted by molar-refractivity contribution is 5.71. The van der Waals surface area contributed by atoms with Gasteiger partial charge in [-0.2, -0.15) is 0 Å². The van der Waals surface area contributed by atoms with Crippen molar-refractivity contribution in [1.29, 1.82) is 0 Å². The lowest BCUT2D eigenvalue weighted by molar-refractivity contribution is 0.243. The third-order valence-corrected chi connectivity index (χ3v) is 0.782. The molecule has 5 N–H and O–H groups in total. The van der Waals surface area contributed by atoms with E-state index in [2.05, 4.69) is 28.0 Å². The number of nitrogens with one attached hydrogen (secondary N) is 3. The lowest BCUT2D eigenvalue weighted by Crippen LogP contribution is -2.50. The topological polar surface area (TPSA) is 79.2 Å². The van der Waals surface area contributed by atoms with Crippen molar-refractivity contribution in [2.45, 2.75) is 6.29 Å². The smallest absolute Gasteiger partial charge is 0.315 e. The van der Waals surface area contributed by atoms with Gasteiger partial charge in [0.25, 0.3) is 0 Å². The van der Waals surface area contributed by atoms with Crippen LogP contribution in [0.2, 0.25) is 0 Å². The fourth-order valence-corrected chi connectivity index (χ4v) is 0.467. The number of nitrogens with two attached hydrogens (primary N) is 1. The zero-order chi connectivity index (χ0) is 6.69. The quantitative estimate of drug-likeness (QED) is 0.308. The van der Waals surface area contributed by atoms with E-state index in [-0.39, 0.29) is 6.29 Å². The molecule has 0 saturated carbocycles. The number of urea groups is 1. The Morgan fingerprint density at radius 1 is 1.56 bits per heavy atom. The molecule has 0 aliphatic carbocycles. The van der Waals surface area contributed by atoms with E-state index < -0.39 is 6.03 Å². The van der Waals surface area contributed by atoms with Gasteiger partial charge in [0.15, 0.2) is 6.29 Å². The second-order valence-corrected chi connectivity index (χ2v) is 1.48. The molecule has 0 radical (unpaired) electrons. The molecule has 5 heteroatoms. The van der Waals surface area contributed by atoms with E-state index in [1.54, 1.807) is 0 Å². The van der Waals surface area contributed by atoms with Crippen LogP contribution in [0.1, 0.15) is 0 Å². The summed E-state index contributed by atoms with van der Waals surface area (Å²) in [5, 5.41) is 7.54. The van der Waals surface area contributed by atoms with Crippen LogP contribution < -0.4 is 21.7 Å². The molecule has 48 valence electrons. The van der Waals surface area contributed by atoms with E-state index in [1.807, 2.05) is 0 Å². The maximum absolute atomic E-state index is 10.1. The van der Waals surface area contributed by atoms with Gasteiger partial charge in [0.2, 0.25) is 0 Å². The highest BCUT2D eigenvalue weighted by Gasteiger charge is 2.07. The highest BCUT2D eigenvalue weighted by Crippen LogP contribution is 1.72. The van der Waals surface area contributed by atoms with E-state index in [9.17, 15) is 4.79 Å². The monoisotopic (exact) mass is 126 g/mol. The molecular weight excluding hydrogens is 120 g/mol. The van der Waals surface area contributed by atoms with Crippen molar-refractivity contribution in [1.82, 2.24) is 16.0 Å². The van der Waals surface area contributed by atoms with Crippen LogP contribution in [0.4, 0.5) is 4.79 Å². The maximum Gasteiger partial charge on any atom is 0.315 e. The lowest BCUT2D eigenvalue weighted by Gasteiger charge is -2.09. The third kappa shape index (κ3) is 1.42. The summed E-state index contributed by atoms with van der Waals surface area (Å²) in [6.07, 6.45) is -0.359. The van der Waals surface area contributed by atoms with Crippen molar-refractivity contribution < 1.29 is 4.79 Å². The SMILES string of the molecule is NC(=O)NC1NC#CN1. The molecule has 1 rings (SSSR count). The fourth-order valence-electron chi connectivity index (χ4n) is 0.467.